The van der Waals surface area contributed by atoms with Crippen LogP contribution >= 0.6 is 15.9 Å². The van der Waals surface area contributed by atoms with E-state index in [9.17, 15) is 4.39 Å². The van der Waals surface area contributed by atoms with Crippen molar-refractivity contribution in [2.45, 2.75) is 51.7 Å². The van der Waals surface area contributed by atoms with Crippen LogP contribution in [0.4, 0.5) is 4.39 Å². The van der Waals surface area contributed by atoms with Gasteiger partial charge in [-0.25, -0.2) is 4.39 Å². The normalized spacial score (nSPS) is 19.8. The van der Waals surface area contributed by atoms with E-state index in [1.807, 2.05) is 6.07 Å². The second-order valence-corrected chi connectivity index (χ2v) is 6.86. The van der Waals surface area contributed by atoms with Crippen LogP contribution in [0.2, 0.25) is 0 Å². The van der Waals surface area contributed by atoms with Gasteiger partial charge in [0.05, 0.1) is 0 Å². The summed E-state index contributed by atoms with van der Waals surface area (Å²) in [5.41, 5.74) is 1.03. The molecule has 1 aliphatic heterocycles. The zero-order valence-electron chi connectivity index (χ0n) is 12.3. The molecule has 0 amide bonds. The first-order chi connectivity index (χ1) is 9.54. The van der Waals surface area contributed by atoms with Crippen molar-refractivity contribution in [2.75, 3.05) is 13.1 Å². The third-order valence-corrected chi connectivity index (χ3v) is 4.36. The van der Waals surface area contributed by atoms with Gasteiger partial charge in [0.1, 0.15) is 5.82 Å². The van der Waals surface area contributed by atoms with E-state index in [4.69, 9.17) is 0 Å². The van der Waals surface area contributed by atoms with Gasteiger partial charge in [-0.3, -0.25) is 4.90 Å². The molecule has 1 N–H and O–H groups in total. The molecule has 20 heavy (non-hydrogen) atoms. The fourth-order valence-electron chi connectivity index (χ4n) is 2.76. The maximum Gasteiger partial charge on any atom is 0.124 e. The van der Waals surface area contributed by atoms with Crippen molar-refractivity contribution < 1.29 is 4.39 Å². The van der Waals surface area contributed by atoms with Gasteiger partial charge in [-0.15, -0.1) is 0 Å². The van der Waals surface area contributed by atoms with E-state index in [1.165, 1.54) is 25.3 Å². The molecule has 2 rings (SSSR count). The van der Waals surface area contributed by atoms with E-state index in [-0.39, 0.29) is 5.82 Å². The van der Waals surface area contributed by atoms with Crippen molar-refractivity contribution in [1.82, 2.24) is 10.2 Å². The molecule has 0 aromatic heterocycles. The molecule has 1 atom stereocenters. The van der Waals surface area contributed by atoms with Crippen LogP contribution in [0.5, 0.6) is 0 Å². The second-order valence-electron chi connectivity index (χ2n) is 5.95. The molecule has 1 aliphatic rings. The lowest BCUT2D eigenvalue weighted by Crippen LogP contribution is -2.45. The summed E-state index contributed by atoms with van der Waals surface area (Å²) < 4.78 is 14.3. The van der Waals surface area contributed by atoms with Crippen LogP contribution in [0, 0.1) is 5.82 Å². The van der Waals surface area contributed by atoms with Crippen LogP contribution < -0.4 is 5.32 Å². The lowest BCUT2D eigenvalue weighted by Gasteiger charge is -2.33. The molecule has 112 valence electrons. The summed E-state index contributed by atoms with van der Waals surface area (Å²) in [5, 5.41) is 3.59. The van der Waals surface area contributed by atoms with Gasteiger partial charge in [-0.2, -0.15) is 0 Å². The third-order valence-electron chi connectivity index (χ3n) is 3.91. The minimum atomic E-state index is -0.172. The molecule has 1 fully saturated rings. The van der Waals surface area contributed by atoms with Crippen LogP contribution in [-0.4, -0.2) is 30.1 Å². The van der Waals surface area contributed by atoms with Gasteiger partial charge in [-0.05, 0) is 57.0 Å². The summed E-state index contributed by atoms with van der Waals surface area (Å²) >= 11 is 3.37. The summed E-state index contributed by atoms with van der Waals surface area (Å²) in [6.45, 7) is 7.37. The van der Waals surface area contributed by atoms with Crippen molar-refractivity contribution in [3.05, 3.63) is 34.1 Å². The van der Waals surface area contributed by atoms with E-state index >= 15 is 0 Å². The van der Waals surface area contributed by atoms with E-state index < -0.39 is 0 Å². The van der Waals surface area contributed by atoms with Crippen LogP contribution in [0.25, 0.3) is 0 Å². The highest BCUT2D eigenvalue weighted by atomic mass is 79.9. The highest BCUT2D eigenvalue weighted by Gasteiger charge is 2.19. The molecule has 1 aromatic carbocycles. The first-order valence-electron chi connectivity index (χ1n) is 7.47. The highest BCUT2D eigenvalue weighted by Crippen LogP contribution is 2.18. The van der Waals surface area contributed by atoms with Crippen LogP contribution in [-0.2, 0) is 6.54 Å². The Balaban J connectivity index is 2.00. The van der Waals surface area contributed by atoms with Gasteiger partial charge in [0, 0.05) is 29.6 Å². The quantitative estimate of drug-likeness (QED) is 0.871. The molecule has 0 spiro atoms. The van der Waals surface area contributed by atoms with Gasteiger partial charge < -0.3 is 5.32 Å². The van der Waals surface area contributed by atoms with Crippen LogP contribution in [0.3, 0.4) is 0 Å². The van der Waals surface area contributed by atoms with Gasteiger partial charge in [-0.1, -0.05) is 22.4 Å². The van der Waals surface area contributed by atoms with E-state index in [0.717, 1.165) is 29.7 Å². The highest BCUT2D eigenvalue weighted by molar-refractivity contribution is 9.10. The van der Waals surface area contributed by atoms with Crippen LogP contribution in [0.15, 0.2) is 22.7 Å². The van der Waals surface area contributed by atoms with Crippen molar-refractivity contribution >= 4 is 15.9 Å². The summed E-state index contributed by atoms with van der Waals surface area (Å²) in [5.74, 6) is -0.172. The lowest BCUT2D eigenvalue weighted by atomic mass is 10.0. The average molecular weight is 343 g/mol. The smallest absolute Gasteiger partial charge is 0.124 e. The van der Waals surface area contributed by atoms with Crippen molar-refractivity contribution in [3.8, 4) is 0 Å². The van der Waals surface area contributed by atoms with Crippen LogP contribution in [0.1, 0.15) is 38.7 Å². The Bertz CT molecular complexity index is 410. The predicted octanol–water partition coefficient (Wildman–Crippen LogP) is 3.94. The fourth-order valence-corrected chi connectivity index (χ4v) is 3.27. The fraction of sp³-hybridized carbons (Fsp3) is 0.625. The molecule has 1 aromatic rings. The van der Waals surface area contributed by atoms with Gasteiger partial charge in [0.2, 0.25) is 0 Å². The molecule has 2 nitrogen and oxygen atoms in total. The second kappa shape index (κ2) is 7.53. The minimum Gasteiger partial charge on any atom is -0.313 e. The maximum atomic E-state index is 13.5. The van der Waals surface area contributed by atoms with Gasteiger partial charge in [0.25, 0.3) is 0 Å². The minimum absolute atomic E-state index is 0.172. The maximum absolute atomic E-state index is 13.5. The van der Waals surface area contributed by atoms with Crippen molar-refractivity contribution in [3.63, 3.8) is 0 Å². The summed E-state index contributed by atoms with van der Waals surface area (Å²) in [6, 6.07) is 6.18. The van der Waals surface area contributed by atoms with E-state index in [1.54, 1.807) is 6.07 Å². The number of hydrogen-bond acceptors (Lipinski definition) is 2. The first kappa shape index (κ1) is 15.9. The monoisotopic (exact) mass is 342 g/mol. The Morgan fingerprint density at radius 1 is 1.35 bits per heavy atom. The van der Waals surface area contributed by atoms with Gasteiger partial charge in [0.15, 0.2) is 0 Å². The summed E-state index contributed by atoms with van der Waals surface area (Å²) in [4.78, 5) is 2.42. The van der Waals surface area contributed by atoms with E-state index in [0.29, 0.717) is 12.1 Å². The molecule has 1 saturated heterocycles. The zero-order valence-corrected chi connectivity index (χ0v) is 13.9. The standard InChI is InChI=1S/C16H24BrFN2/c1-12(2)20(11-16-5-3-4-6-19-16)10-13-7-14(17)9-15(18)8-13/h7-9,12,16,19H,3-6,10-11H2,1-2H3. The first-order valence-corrected chi connectivity index (χ1v) is 8.26. The molecule has 0 saturated carbocycles. The molecular formula is C16H24BrFN2. The Morgan fingerprint density at radius 3 is 2.75 bits per heavy atom. The molecule has 1 heterocycles. The number of rotatable bonds is 5. The Labute approximate surface area is 129 Å². The Morgan fingerprint density at radius 2 is 2.15 bits per heavy atom. The summed E-state index contributed by atoms with van der Waals surface area (Å²) in [6.07, 6.45) is 3.85. The molecule has 0 radical (unpaired) electrons. The molecule has 0 bridgehead atoms. The molecule has 4 heteroatoms. The number of hydrogen-bond donors (Lipinski definition) is 1. The third kappa shape index (κ3) is 4.83. The SMILES string of the molecule is CC(C)N(Cc1cc(F)cc(Br)c1)CC1CCCCN1. The molecule has 0 aliphatic carbocycles. The summed E-state index contributed by atoms with van der Waals surface area (Å²) in [7, 11) is 0. The number of piperidine rings is 1. The Kier molecular flexibility index (Phi) is 6.00. The largest absolute Gasteiger partial charge is 0.313 e. The zero-order chi connectivity index (χ0) is 14.5. The lowest BCUT2D eigenvalue weighted by molar-refractivity contribution is 0.177. The van der Waals surface area contributed by atoms with E-state index in [2.05, 4.69) is 40.0 Å². The number of benzene rings is 1. The van der Waals surface area contributed by atoms with Crippen molar-refractivity contribution in [2.24, 2.45) is 0 Å². The predicted molar refractivity (Wildman–Crippen MR) is 85.3 cm³/mol. The average Bonchev–Trinajstić information content (AvgIpc) is 2.38. The van der Waals surface area contributed by atoms with Gasteiger partial charge >= 0.3 is 0 Å². The Hall–Kier alpha value is -0.450. The molecular weight excluding hydrogens is 319 g/mol. The number of halogens is 2. The van der Waals surface area contributed by atoms with Crippen molar-refractivity contribution in [1.29, 1.82) is 0 Å². The topological polar surface area (TPSA) is 15.3 Å². The number of nitrogens with one attached hydrogen (secondary N) is 1. The number of nitrogens with zero attached hydrogens (tertiary/aromatic N) is 1. The molecule has 1 unspecified atom stereocenters.